The molecule has 2 atom stereocenters. The summed E-state index contributed by atoms with van der Waals surface area (Å²) >= 11 is 0. The summed E-state index contributed by atoms with van der Waals surface area (Å²) in [7, 11) is 1.62. The molecule has 0 aliphatic carbocycles. The molecule has 4 aromatic rings. The second-order valence-electron chi connectivity index (χ2n) is 13.5. The molecule has 0 saturated heterocycles. The molecule has 0 saturated carbocycles. The Labute approximate surface area is 302 Å². The van der Waals surface area contributed by atoms with E-state index in [1.54, 1.807) is 32.2 Å². The minimum atomic E-state index is -1.06. The van der Waals surface area contributed by atoms with E-state index < -0.39 is 36.3 Å². The number of carbonyl (C=O) groups excluding carboxylic acids is 5. The number of fused-ring (bicyclic) bond motifs is 1. The summed E-state index contributed by atoms with van der Waals surface area (Å²) in [5, 5.41) is 20.7. The highest BCUT2D eigenvalue weighted by Crippen LogP contribution is 2.21. The summed E-state index contributed by atoms with van der Waals surface area (Å²) in [5.74, 6) is -1.25. The van der Waals surface area contributed by atoms with Crippen molar-refractivity contribution in [1.82, 2.24) is 40.3 Å². The molecule has 4 N–H and O–H groups in total. The Balaban J connectivity index is 1.46. The number of aromatic nitrogens is 3. The van der Waals surface area contributed by atoms with Gasteiger partial charge in [0.05, 0.1) is 23.1 Å². The number of benzene rings is 2. The maximum atomic E-state index is 13.8. The lowest BCUT2D eigenvalue weighted by Crippen LogP contribution is -2.55. The van der Waals surface area contributed by atoms with Crippen LogP contribution >= 0.6 is 0 Å². The van der Waals surface area contributed by atoms with Crippen LogP contribution in [0.1, 0.15) is 65.0 Å². The number of amides is 5. The van der Waals surface area contributed by atoms with Gasteiger partial charge in [-0.15, -0.1) is 0 Å². The van der Waals surface area contributed by atoms with E-state index in [4.69, 9.17) is 4.98 Å². The van der Waals surface area contributed by atoms with Crippen molar-refractivity contribution < 1.29 is 24.0 Å². The molecule has 1 aliphatic heterocycles. The monoisotopic (exact) mass is 707 g/mol. The van der Waals surface area contributed by atoms with E-state index in [2.05, 4.69) is 39.7 Å². The van der Waals surface area contributed by atoms with Crippen molar-refractivity contribution in [1.29, 1.82) is 5.26 Å². The molecule has 2 bridgehead atoms. The summed E-state index contributed by atoms with van der Waals surface area (Å²) in [4.78, 5) is 73.6. The van der Waals surface area contributed by atoms with E-state index >= 15 is 0 Å². The standard InChI is InChI=1S/C38H45N9O5/c1-24(2)17-33-43-29-12-11-28-20-31(29)47(33)15-8-13-40-35(49)25(3)42-37(51)30(18-26-9-6-5-7-10-26)44-34(48)23-46(16-14-41-36(28)50)38(52)32-19-27(21-39)22-45(32)4/h5-7,9-12,19-20,22,24-25,30H,8,13-18,23H2,1-4H3,(H,40,49)(H,41,50)(H,42,51)(H,44,48)/t25-,30+/m1/s1. The summed E-state index contributed by atoms with van der Waals surface area (Å²) < 4.78 is 3.58. The quantitative estimate of drug-likeness (QED) is 0.245. The van der Waals surface area contributed by atoms with Crippen molar-refractivity contribution in [3.05, 3.63) is 89.0 Å². The van der Waals surface area contributed by atoms with Gasteiger partial charge in [0.2, 0.25) is 17.7 Å². The van der Waals surface area contributed by atoms with Crippen LogP contribution in [0.15, 0.2) is 60.8 Å². The predicted octanol–water partition coefficient (Wildman–Crippen LogP) is 2.07. The molecule has 14 heteroatoms. The minimum absolute atomic E-state index is 0.0164. The van der Waals surface area contributed by atoms with Gasteiger partial charge in [0.25, 0.3) is 11.8 Å². The molecule has 0 fully saturated rings. The number of hydrogen-bond acceptors (Lipinski definition) is 7. The lowest BCUT2D eigenvalue weighted by molar-refractivity contribution is -0.132. The lowest BCUT2D eigenvalue weighted by Gasteiger charge is -2.25. The van der Waals surface area contributed by atoms with Crippen LogP contribution in [0.2, 0.25) is 0 Å². The fourth-order valence-electron chi connectivity index (χ4n) is 6.20. The summed E-state index contributed by atoms with van der Waals surface area (Å²) in [6.45, 7) is 6.20. The highest BCUT2D eigenvalue weighted by molar-refractivity contribution is 5.98. The molecule has 272 valence electrons. The predicted molar refractivity (Wildman–Crippen MR) is 194 cm³/mol. The zero-order valence-electron chi connectivity index (χ0n) is 29.9. The molecule has 5 amide bonds. The van der Waals surface area contributed by atoms with E-state index in [9.17, 15) is 29.2 Å². The topological polar surface area (TPSA) is 183 Å². The van der Waals surface area contributed by atoms with Crippen LogP contribution in [-0.2, 0) is 40.8 Å². The second-order valence-corrected chi connectivity index (χ2v) is 13.5. The van der Waals surface area contributed by atoms with Crippen LogP contribution < -0.4 is 21.3 Å². The summed E-state index contributed by atoms with van der Waals surface area (Å²) in [6.07, 6.45) is 2.95. The van der Waals surface area contributed by atoms with Crippen molar-refractivity contribution in [2.24, 2.45) is 13.0 Å². The molecule has 0 radical (unpaired) electrons. The Hall–Kier alpha value is -5.97. The van der Waals surface area contributed by atoms with Crippen molar-refractivity contribution in [3.63, 3.8) is 0 Å². The smallest absolute Gasteiger partial charge is 0.271 e. The first-order chi connectivity index (χ1) is 24.9. The third-order valence-corrected chi connectivity index (χ3v) is 8.87. The van der Waals surface area contributed by atoms with Gasteiger partial charge in [-0.25, -0.2) is 4.98 Å². The van der Waals surface area contributed by atoms with Gasteiger partial charge < -0.3 is 35.3 Å². The minimum Gasteiger partial charge on any atom is -0.354 e. The normalized spacial score (nSPS) is 18.3. The maximum absolute atomic E-state index is 13.8. The molecule has 0 spiro atoms. The fourth-order valence-corrected chi connectivity index (χ4v) is 6.20. The summed E-state index contributed by atoms with van der Waals surface area (Å²) in [6, 6.07) is 15.9. The number of nitriles is 1. The molecule has 0 unspecified atom stereocenters. The first-order valence-electron chi connectivity index (χ1n) is 17.5. The van der Waals surface area contributed by atoms with E-state index in [-0.39, 0.29) is 42.6 Å². The van der Waals surface area contributed by atoms with Gasteiger partial charge >= 0.3 is 0 Å². The van der Waals surface area contributed by atoms with Crippen LogP contribution in [0.3, 0.4) is 0 Å². The molecule has 3 heterocycles. The number of hydrogen-bond donors (Lipinski definition) is 4. The van der Waals surface area contributed by atoms with Gasteiger partial charge in [0.15, 0.2) is 0 Å². The van der Waals surface area contributed by atoms with Crippen LogP contribution in [0.4, 0.5) is 0 Å². The first kappa shape index (κ1) is 37.3. The fraction of sp³-hybridized carbons (Fsp3) is 0.395. The average Bonchev–Trinajstić information content (AvgIpc) is 3.66. The molecular weight excluding hydrogens is 662 g/mol. The van der Waals surface area contributed by atoms with Gasteiger partial charge in [0, 0.05) is 57.8 Å². The molecular formula is C38H45N9O5. The van der Waals surface area contributed by atoms with Crippen molar-refractivity contribution >= 4 is 40.6 Å². The Kier molecular flexibility index (Phi) is 12.1. The Morgan fingerprint density at radius 1 is 0.981 bits per heavy atom. The third-order valence-electron chi connectivity index (χ3n) is 8.87. The largest absolute Gasteiger partial charge is 0.354 e. The highest BCUT2D eigenvalue weighted by Gasteiger charge is 2.28. The second kappa shape index (κ2) is 16.8. The maximum Gasteiger partial charge on any atom is 0.271 e. The average molecular weight is 708 g/mol. The van der Waals surface area contributed by atoms with E-state index in [1.165, 1.54) is 21.7 Å². The number of carbonyl (C=O) groups is 5. The van der Waals surface area contributed by atoms with Crippen LogP contribution in [0.25, 0.3) is 11.0 Å². The third kappa shape index (κ3) is 9.22. The lowest BCUT2D eigenvalue weighted by atomic mass is 10.0. The molecule has 2 aromatic heterocycles. The number of nitrogens with one attached hydrogen (secondary N) is 4. The molecule has 2 aromatic carbocycles. The zero-order valence-corrected chi connectivity index (χ0v) is 29.9. The van der Waals surface area contributed by atoms with Crippen LogP contribution in [0, 0.1) is 17.2 Å². The van der Waals surface area contributed by atoms with Gasteiger partial charge in [-0.1, -0.05) is 44.2 Å². The zero-order chi connectivity index (χ0) is 37.4. The Bertz CT molecular complexity index is 1990. The molecule has 5 rings (SSSR count). The molecule has 1 aliphatic rings. The summed E-state index contributed by atoms with van der Waals surface area (Å²) in [5.41, 5.74) is 3.17. The van der Waals surface area contributed by atoms with Gasteiger partial charge in [0.1, 0.15) is 29.7 Å². The molecule has 14 nitrogen and oxygen atoms in total. The number of rotatable bonds is 5. The first-order valence-corrected chi connectivity index (χ1v) is 17.5. The Morgan fingerprint density at radius 3 is 2.46 bits per heavy atom. The van der Waals surface area contributed by atoms with Gasteiger partial charge in [-0.2, -0.15) is 5.26 Å². The molecule has 52 heavy (non-hydrogen) atoms. The van der Waals surface area contributed by atoms with E-state index in [0.29, 0.717) is 31.0 Å². The number of aryl methyl sites for hydroxylation is 2. The number of nitrogens with zero attached hydrogens (tertiary/aromatic N) is 5. The highest BCUT2D eigenvalue weighted by atomic mass is 16.2. The van der Waals surface area contributed by atoms with Crippen molar-refractivity contribution in [3.8, 4) is 6.07 Å². The van der Waals surface area contributed by atoms with Gasteiger partial charge in [-0.05, 0) is 49.1 Å². The van der Waals surface area contributed by atoms with Crippen LogP contribution in [0.5, 0.6) is 0 Å². The van der Waals surface area contributed by atoms with E-state index in [1.807, 2.05) is 36.4 Å². The van der Waals surface area contributed by atoms with Crippen molar-refractivity contribution in [2.75, 3.05) is 26.2 Å². The van der Waals surface area contributed by atoms with E-state index in [0.717, 1.165) is 28.8 Å². The van der Waals surface area contributed by atoms with Crippen molar-refractivity contribution in [2.45, 2.75) is 58.7 Å². The van der Waals surface area contributed by atoms with Gasteiger partial charge in [-0.3, -0.25) is 24.0 Å². The Morgan fingerprint density at radius 2 is 1.75 bits per heavy atom. The van der Waals surface area contributed by atoms with Crippen LogP contribution in [-0.4, -0.2) is 86.8 Å². The number of imidazole rings is 1. The SMILES string of the molecule is CC(C)Cc1nc2ccc3cc2n1CCCNC(=O)[C@@H](C)NC(=O)[C@H](Cc1ccccc1)NC(=O)CN(C(=O)c1cc(C#N)cn1C)CCNC3=O.